The standard InChI is InChI=1S/2C10H18O3/c2*1-4-5-9(11)6-10(12)13-7-8(2)3/h2*8H,4-7H2,1-3H3. The SMILES string of the molecule is CCCC(=O)CC(=O)OCC(C)C.CCCC(=O)CC(=O)OCC(C)C. The van der Waals surface area contributed by atoms with E-state index in [9.17, 15) is 19.2 Å². The summed E-state index contributed by atoms with van der Waals surface area (Å²) in [5.74, 6) is -0.206. The molecule has 0 fully saturated rings. The molecule has 0 aromatic carbocycles. The molecule has 0 amide bonds. The van der Waals surface area contributed by atoms with Gasteiger partial charge in [-0.25, -0.2) is 0 Å². The quantitative estimate of drug-likeness (QED) is 0.381. The molecule has 0 N–H and O–H groups in total. The van der Waals surface area contributed by atoms with Crippen LogP contribution in [0.25, 0.3) is 0 Å². The van der Waals surface area contributed by atoms with Gasteiger partial charge in [-0.3, -0.25) is 19.2 Å². The third-order valence-corrected chi connectivity index (χ3v) is 2.90. The average molecular weight is 373 g/mol. The molecule has 0 aromatic heterocycles. The number of Topliss-reactive ketones (excluding diaryl/α,β-unsaturated/α-hetero) is 2. The molecular weight excluding hydrogens is 336 g/mol. The van der Waals surface area contributed by atoms with Crippen molar-refractivity contribution in [2.45, 2.75) is 80.1 Å². The van der Waals surface area contributed by atoms with Gasteiger partial charge in [0.15, 0.2) is 0 Å². The van der Waals surface area contributed by atoms with Crippen LogP contribution < -0.4 is 0 Å². The molecule has 0 aliphatic heterocycles. The molecule has 0 unspecified atom stereocenters. The predicted octanol–water partition coefficient (Wildman–Crippen LogP) is 3.89. The fourth-order valence-electron chi connectivity index (χ4n) is 1.68. The Kier molecular flexibility index (Phi) is 17.1. The maximum atomic E-state index is 11.0. The molecule has 0 saturated carbocycles. The zero-order chi connectivity index (χ0) is 20.5. The zero-order valence-corrected chi connectivity index (χ0v) is 17.3. The Hall–Kier alpha value is -1.72. The molecule has 0 rings (SSSR count). The van der Waals surface area contributed by atoms with Crippen molar-refractivity contribution in [2.24, 2.45) is 11.8 Å². The second kappa shape index (κ2) is 16.7. The second-order valence-corrected chi connectivity index (χ2v) is 7.08. The lowest BCUT2D eigenvalue weighted by Crippen LogP contribution is -2.13. The molecule has 0 aliphatic carbocycles. The fraction of sp³-hybridized carbons (Fsp3) is 0.800. The van der Waals surface area contributed by atoms with E-state index in [0.29, 0.717) is 37.9 Å². The molecule has 0 radical (unpaired) electrons. The average Bonchev–Trinajstić information content (AvgIpc) is 2.52. The molecular formula is C20H36O6. The Labute approximate surface area is 158 Å². The Bertz CT molecular complexity index is 386. The topological polar surface area (TPSA) is 86.7 Å². The molecule has 0 saturated heterocycles. The molecule has 0 spiro atoms. The van der Waals surface area contributed by atoms with E-state index in [0.717, 1.165) is 12.8 Å². The van der Waals surface area contributed by atoms with Gasteiger partial charge >= 0.3 is 11.9 Å². The maximum Gasteiger partial charge on any atom is 0.313 e. The van der Waals surface area contributed by atoms with Crippen molar-refractivity contribution in [1.82, 2.24) is 0 Å². The first kappa shape index (κ1) is 26.5. The van der Waals surface area contributed by atoms with Crippen LogP contribution >= 0.6 is 0 Å². The Morgan fingerprint density at radius 3 is 1.19 bits per heavy atom. The monoisotopic (exact) mass is 372 g/mol. The molecule has 0 aromatic rings. The molecule has 0 aliphatic rings. The van der Waals surface area contributed by atoms with Crippen LogP contribution in [0.3, 0.4) is 0 Å². The van der Waals surface area contributed by atoms with Gasteiger partial charge in [-0.15, -0.1) is 0 Å². The Morgan fingerprint density at radius 1 is 0.654 bits per heavy atom. The summed E-state index contributed by atoms with van der Waals surface area (Å²) in [5, 5.41) is 0. The summed E-state index contributed by atoms with van der Waals surface area (Å²) in [7, 11) is 0. The van der Waals surface area contributed by atoms with Crippen molar-refractivity contribution < 1.29 is 28.7 Å². The lowest BCUT2D eigenvalue weighted by molar-refractivity contribution is -0.148. The van der Waals surface area contributed by atoms with Gasteiger partial charge < -0.3 is 9.47 Å². The highest BCUT2D eigenvalue weighted by molar-refractivity contribution is 5.95. The van der Waals surface area contributed by atoms with Crippen molar-refractivity contribution in [2.75, 3.05) is 13.2 Å². The highest BCUT2D eigenvalue weighted by Crippen LogP contribution is 2.00. The van der Waals surface area contributed by atoms with Crippen LogP contribution in [0, 0.1) is 11.8 Å². The van der Waals surface area contributed by atoms with Gasteiger partial charge in [0.25, 0.3) is 0 Å². The fourth-order valence-corrected chi connectivity index (χ4v) is 1.68. The lowest BCUT2D eigenvalue weighted by atomic mass is 10.2. The van der Waals surface area contributed by atoms with E-state index in [1.807, 2.05) is 41.5 Å². The van der Waals surface area contributed by atoms with Gasteiger partial charge in [0.2, 0.25) is 0 Å². The first-order chi connectivity index (χ1) is 12.1. The third-order valence-electron chi connectivity index (χ3n) is 2.90. The van der Waals surface area contributed by atoms with Crippen LogP contribution in [0.5, 0.6) is 0 Å². The van der Waals surface area contributed by atoms with Crippen molar-refractivity contribution in [1.29, 1.82) is 0 Å². The normalized spacial score (nSPS) is 10.2. The number of carbonyl (C=O) groups is 4. The van der Waals surface area contributed by atoms with Crippen LogP contribution in [-0.2, 0) is 28.7 Å². The minimum atomic E-state index is -0.396. The number of esters is 2. The highest BCUT2D eigenvalue weighted by atomic mass is 16.5. The summed E-state index contributed by atoms with van der Waals surface area (Å²) in [5.41, 5.74) is 0. The van der Waals surface area contributed by atoms with E-state index >= 15 is 0 Å². The minimum absolute atomic E-state index is 0.0312. The van der Waals surface area contributed by atoms with Gasteiger partial charge in [0, 0.05) is 12.8 Å². The molecule has 0 bridgehead atoms. The Morgan fingerprint density at radius 2 is 0.962 bits per heavy atom. The predicted molar refractivity (Wildman–Crippen MR) is 101 cm³/mol. The summed E-state index contributed by atoms with van der Waals surface area (Å²) in [6.07, 6.45) is 2.38. The van der Waals surface area contributed by atoms with E-state index in [4.69, 9.17) is 9.47 Å². The lowest BCUT2D eigenvalue weighted by Gasteiger charge is -2.05. The summed E-state index contributed by atoms with van der Waals surface area (Å²) >= 11 is 0. The highest BCUT2D eigenvalue weighted by Gasteiger charge is 2.10. The molecule has 0 heterocycles. The zero-order valence-electron chi connectivity index (χ0n) is 17.3. The van der Waals surface area contributed by atoms with E-state index in [1.165, 1.54) is 0 Å². The van der Waals surface area contributed by atoms with E-state index in [1.54, 1.807) is 0 Å². The van der Waals surface area contributed by atoms with Crippen molar-refractivity contribution in [3.63, 3.8) is 0 Å². The largest absolute Gasteiger partial charge is 0.465 e. The summed E-state index contributed by atoms with van der Waals surface area (Å²) in [6, 6.07) is 0. The van der Waals surface area contributed by atoms with Crippen molar-refractivity contribution in [3.8, 4) is 0 Å². The number of hydrogen-bond acceptors (Lipinski definition) is 6. The molecule has 26 heavy (non-hydrogen) atoms. The van der Waals surface area contributed by atoms with Gasteiger partial charge in [-0.1, -0.05) is 41.5 Å². The number of hydrogen-bond donors (Lipinski definition) is 0. The van der Waals surface area contributed by atoms with E-state index in [-0.39, 0.29) is 24.4 Å². The van der Waals surface area contributed by atoms with Gasteiger partial charge in [0.05, 0.1) is 13.2 Å². The van der Waals surface area contributed by atoms with E-state index in [2.05, 4.69) is 0 Å². The molecule has 152 valence electrons. The first-order valence-corrected chi connectivity index (χ1v) is 9.46. The number of ether oxygens (including phenoxy) is 2. The Balaban J connectivity index is 0. The third kappa shape index (κ3) is 20.3. The van der Waals surface area contributed by atoms with Crippen LogP contribution in [0.2, 0.25) is 0 Å². The van der Waals surface area contributed by atoms with E-state index < -0.39 is 11.9 Å². The van der Waals surface area contributed by atoms with Crippen LogP contribution in [0.1, 0.15) is 80.1 Å². The van der Waals surface area contributed by atoms with Gasteiger partial charge in [-0.2, -0.15) is 0 Å². The minimum Gasteiger partial charge on any atom is -0.465 e. The number of ketones is 2. The second-order valence-electron chi connectivity index (χ2n) is 7.08. The maximum absolute atomic E-state index is 11.0. The van der Waals surface area contributed by atoms with Crippen molar-refractivity contribution in [3.05, 3.63) is 0 Å². The molecule has 0 atom stereocenters. The number of carbonyl (C=O) groups excluding carboxylic acids is 4. The van der Waals surface area contributed by atoms with Crippen LogP contribution in [-0.4, -0.2) is 36.7 Å². The first-order valence-electron chi connectivity index (χ1n) is 9.46. The van der Waals surface area contributed by atoms with Crippen molar-refractivity contribution >= 4 is 23.5 Å². The van der Waals surface area contributed by atoms with Crippen LogP contribution in [0.15, 0.2) is 0 Å². The smallest absolute Gasteiger partial charge is 0.313 e. The summed E-state index contributed by atoms with van der Waals surface area (Å²) in [6.45, 7) is 12.5. The van der Waals surface area contributed by atoms with Gasteiger partial charge in [0.1, 0.15) is 24.4 Å². The van der Waals surface area contributed by atoms with Crippen LogP contribution in [0.4, 0.5) is 0 Å². The number of rotatable bonds is 12. The van der Waals surface area contributed by atoms with Gasteiger partial charge in [-0.05, 0) is 24.7 Å². The molecule has 6 nitrogen and oxygen atoms in total. The molecule has 6 heteroatoms. The summed E-state index contributed by atoms with van der Waals surface area (Å²) < 4.78 is 9.72. The summed E-state index contributed by atoms with van der Waals surface area (Å²) in [4.78, 5) is 44.0.